The highest BCUT2D eigenvalue weighted by atomic mass is 16.2. The lowest BCUT2D eigenvalue weighted by Crippen LogP contribution is -2.42. The summed E-state index contributed by atoms with van der Waals surface area (Å²) in [6.07, 6.45) is 6.13. The van der Waals surface area contributed by atoms with Crippen LogP contribution in [0.4, 0.5) is 0 Å². The van der Waals surface area contributed by atoms with Gasteiger partial charge in [0.1, 0.15) is 0 Å². The number of hydrogen-bond donors (Lipinski definition) is 1. The third-order valence-electron chi connectivity index (χ3n) is 4.25. The van der Waals surface area contributed by atoms with E-state index in [1.165, 1.54) is 6.42 Å². The summed E-state index contributed by atoms with van der Waals surface area (Å²) in [6, 6.07) is 9.07. The number of rotatable bonds is 5. The van der Waals surface area contributed by atoms with Crippen LogP contribution in [0.5, 0.6) is 0 Å². The predicted molar refractivity (Wildman–Crippen MR) is 84.3 cm³/mol. The predicted octanol–water partition coefficient (Wildman–Crippen LogP) is 3.02. The van der Waals surface area contributed by atoms with Crippen LogP contribution in [0.2, 0.25) is 0 Å². The Morgan fingerprint density at radius 2 is 1.86 bits per heavy atom. The lowest BCUT2D eigenvalue weighted by Gasteiger charge is -2.23. The molecule has 0 heterocycles. The van der Waals surface area contributed by atoms with Gasteiger partial charge in [0.25, 0.3) is 0 Å². The molecule has 2 rings (SSSR count). The SMILES string of the molecule is CCc1ccc(C(=O)[C@H](C#N)C(=O)NC2CCCCC2)cc1. The molecule has 1 fully saturated rings. The number of ketones is 1. The first-order valence-corrected chi connectivity index (χ1v) is 7.99. The van der Waals surface area contributed by atoms with Gasteiger partial charge in [-0.25, -0.2) is 0 Å². The minimum atomic E-state index is -1.26. The second-order valence-corrected chi connectivity index (χ2v) is 5.82. The molecule has 0 saturated heterocycles. The van der Waals surface area contributed by atoms with E-state index in [0.29, 0.717) is 5.56 Å². The summed E-state index contributed by atoms with van der Waals surface area (Å²) in [5, 5.41) is 12.1. The molecule has 0 aromatic heterocycles. The molecule has 1 saturated carbocycles. The Balaban J connectivity index is 2.04. The van der Waals surface area contributed by atoms with Crippen LogP contribution in [-0.4, -0.2) is 17.7 Å². The van der Waals surface area contributed by atoms with Gasteiger partial charge in [0, 0.05) is 11.6 Å². The van der Waals surface area contributed by atoms with Gasteiger partial charge < -0.3 is 5.32 Å². The van der Waals surface area contributed by atoms with Crippen molar-refractivity contribution < 1.29 is 9.59 Å². The number of nitrogens with zero attached hydrogens (tertiary/aromatic N) is 1. The number of nitriles is 1. The molecular formula is C18H22N2O2. The highest BCUT2D eigenvalue weighted by Crippen LogP contribution is 2.18. The van der Waals surface area contributed by atoms with Crippen molar-refractivity contribution in [3.63, 3.8) is 0 Å². The molecule has 1 atom stereocenters. The smallest absolute Gasteiger partial charge is 0.245 e. The standard InChI is InChI=1S/C18H22N2O2/c1-2-13-8-10-14(11-9-13)17(21)16(12-19)18(22)20-15-6-4-3-5-7-15/h8-11,15-16H,2-7H2,1H3,(H,20,22)/t16-/m0/s1. The zero-order valence-electron chi connectivity index (χ0n) is 13.0. The third-order valence-corrected chi connectivity index (χ3v) is 4.25. The second kappa shape index (κ2) is 7.74. The first kappa shape index (κ1) is 16.2. The summed E-state index contributed by atoms with van der Waals surface area (Å²) >= 11 is 0. The Morgan fingerprint density at radius 3 is 2.41 bits per heavy atom. The molecule has 1 aliphatic carbocycles. The average molecular weight is 298 g/mol. The van der Waals surface area contributed by atoms with Crippen LogP contribution >= 0.6 is 0 Å². The van der Waals surface area contributed by atoms with Crippen molar-refractivity contribution in [2.45, 2.75) is 51.5 Å². The Hall–Kier alpha value is -2.15. The van der Waals surface area contributed by atoms with Gasteiger partial charge in [-0.05, 0) is 24.8 Å². The van der Waals surface area contributed by atoms with Crippen LogP contribution in [0, 0.1) is 17.2 Å². The Labute approximate surface area is 131 Å². The fourth-order valence-electron chi connectivity index (χ4n) is 2.84. The molecule has 1 amide bonds. The highest BCUT2D eigenvalue weighted by Gasteiger charge is 2.29. The van der Waals surface area contributed by atoms with Gasteiger partial charge in [-0.2, -0.15) is 5.26 Å². The molecule has 1 aromatic carbocycles. The number of carbonyl (C=O) groups excluding carboxylic acids is 2. The lowest BCUT2D eigenvalue weighted by molar-refractivity contribution is -0.123. The second-order valence-electron chi connectivity index (χ2n) is 5.82. The molecule has 1 aliphatic rings. The molecule has 4 heteroatoms. The van der Waals surface area contributed by atoms with Crippen LogP contribution in [0.3, 0.4) is 0 Å². The summed E-state index contributed by atoms with van der Waals surface area (Å²) in [5.74, 6) is -2.13. The largest absolute Gasteiger partial charge is 0.352 e. The Bertz CT molecular complexity index is 566. The first-order chi connectivity index (χ1) is 10.7. The molecule has 116 valence electrons. The summed E-state index contributed by atoms with van der Waals surface area (Å²) < 4.78 is 0. The van der Waals surface area contributed by atoms with E-state index in [4.69, 9.17) is 0 Å². The van der Waals surface area contributed by atoms with E-state index < -0.39 is 17.6 Å². The molecular weight excluding hydrogens is 276 g/mol. The number of benzene rings is 1. The van der Waals surface area contributed by atoms with E-state index >= 15 is 0 Å². The monoisotopic (exact) mass is 298 g/mol. The zero-order chi connectivity index (χ0) is 15.9. The number of hydrogen-bond acceptors (Lipinski definition) is 3. The summed E-state index contributed by atoms with van der Waals surface area (Å²) in [4.78, 5) is 24.6. The van der Waals surface area contributed by atoms with E-state index in [-0.39, 0.29) is 6.04 Å². The quantitative estimate of drug-likeness (QED) is 0.671. The van der Waals surface area contributed by atoms with Crippen LogP contribution in [0.1, 0.15) is 54.9 Å². The van der Waals surface area contributed by atoms with Crippen molar-refractivity contribution in [1.82, 2.24) is 5.32 Å². The van der Waals surface area contributed by atoms with Gasteiger partial charge in [0.15, 0.2) is 11.7 Å². The van der Waals surface area contributed by atoms with Gasteiger partial charge >= 0.3 is 0 Å². The molecule has 1 aromatic rings. The van der Waals surface area contributed by atoms with Gasteiger partial charge in [0.05, 0.1) is 6.07 Å². The van der Waals surface area contributed by atoms with Crippen LogP contribution in [0.25, 0.3) is 0 Å². The van der Waals surface area contributed by atoms with E-state index in [1.54, 1.807) is 12.1 Å². The number of aryl methyl sites for hydroxylation is 1. The van der Waals surface area contributed by atoms with Crippen LogP contribution < -0.4 is 5.32 Å². The number of carbonyl (C=O) groups is 2. The molecule has 0 unspecified atom stereocenters. The minimum Gasteiger partial charge on any atom is -0.352 e. The van der Waals surface area contributed by atoms with Crippen molar-refractivity contribution in [2.24, 2.45) is 5.92 Å². The van der Waals surface area contributed by atoms with Crippen LogP contribution in [-0.2, 0) is 11.2 Å². The van der Waals surface area contributed by atoms with Crippen molar-refractivity contribution in [3.8, 4) is 6.07 Å². The van der Waals surface area contributed by atoms with Gasteiger partial charge in [-0.3, -0.25) is 9.59 Å². The lowest BCUT2D eigenvalue weighted by atomic mass is 9.93. The van der Waals surface area contributed by atoms with Gasteiger partial charge in [-0.1, -0.05) is 50.5 Å². The summed E-state index contributed by atoms with van der Waals surface area (Å²) in [6.45, 7) is 2.03. The number of nitrogens with one attached hydrogen (secondary N) is 1. The topological polar surface area (TPSA) is 70.0 Å². The highest BCUT2D eigenvalue weighted by molar-refractivity contribution is 6.12. The van der Waals surface area contributed by atoms with E-state index in [0.717, 1.165) is 37.7 Å². The Kier molecular flexibility index (Phi) is 5.71. The molecule has 0 aliphatic heterocycles. The molecule has 22 heavy (non-hydrogen) atoms. The Morgan fingerprint density at radius 1 is 1.23 bits per heavy atom. The summed E-state index contributed by atoms with van der Waals surface area (Å²) in [5.41, 5.74) is 1.54. The third kappa shape index (κ3) is 3.94. The average Bonchev–Trinajstić information content (AvgIpc) is 2.56. The molecule has 0 radical (unpaired) electrons. The maximum absolute atomic E-state index is 12.4. The molecule has 4 nitrogen and oxygen atoms in total. The van der Waals surface area contributed by atoms with Gasteiger partial charge in [-0.15, -0.1) is 0 Å². The van der Waals surface area contributed by atoms with E-state index in [1.807, 2.05) is 25.1 Å². The fourth-order valence-corrected chi connectivity index (χ4v) is 2.84. The maximum Gasteiger partial charge on any atom is 0.245 e. The van der Waals surface area contributed by atoms with Crippen molar-refractivity contribution in [2.75, 3.05) is 0 Å². The number of amides is 1. The van der Waals surface area contributed by atoms with E-state index in [9.17, 15) is 14.9 Å². The van der Waals surface area contributed by atoms with Crippen molar-refractivity contribution >= 4 is 11.7 Å². The molecule has 1 N–H and O–H groups in total. The van der Waals surface area contributed by atoms with Crippen molar-refractivity contribution in [1.29, 1.82) is 5.26 Å². The molecule has 0 bridgehead atoms. The normalized spacial score (nSPS) is 16.5. The minimum absolute atomic E-state index is 0.104. The first-order valence-electron chi connectivity index (χ1n) is 7.99. The summed E-state index contributed by atoms with van der Waals surface area (Å²) in [7, 11) is 0. The number of Topliss-reactive ketones (excluding diaryl/α,β-unsaturated/α-hetero) is 1. The zero-order valence-corrected chi connectivity index (χ0v) is 13.0. The maximum atomic E-state index is 12.4. The van der Waals surface area contributed by atoms with Crippen molar-refractivity contribution in [3.05, 3.63) is 35.4 Å². The molecule has 0 spiro atoms. The van der Waals surface area contributed by atoms with Crippen LogP contribution in [0.15, 0.2) is 24.3 Å². The van der Waals surface area contributed by atoms with Gasteiger partial charge in [0.2, 0.25) is 5.91 Å². The van der Waals surface area contributed by atoms with E-state index in [2.05, 4.69) is 5.32 Å². The fraction of sp³-hybridized carbons (Fsp3) is 0.500.